The lowest BCUT2D eigenvalue weighted by Gasteiger charge is -2.39. The van der Waals surface area contributed by atoms with Crippen molar-refractivity contribution < 1.29 is 70.3 Å². The zero-order chi connectivity index (χ0) is 70.2. The van der Waals surface area contributed by atoms with Crippen molar-refractivity contribution in [2.45, 2.75) is 182 Å². The number of nitrogens with one attached hydrogen (secondary N) is 4. The lowest BCUT2D eigenvalue weighted by Crippen LogP contribution is -2.63. The molecule has 22 nitrogen and oxygen atoms in total. The standard InChI is InChI=1S/C65H98ClF4N11O11/c1-19-39(7)55-61(90)77(14)35-53(84)75(12)36-54(85)80(17)50(33-43-21-25-44(66)26-22-43)60(89)76(13)34-51(82)71-47(28-24-42-23-27-45(46(67)32-42)65(68,69)70)57(86)72-48(29-37(3)4)59(88)81(18)64(10,11)63(92)74-56(40(8)20-2)62(91)78(15)41(9)31-52(83)79(16)49(30-38(5)6)58(87)73-55/h21-23,25-27,32,37-41,47-50,55-56H,19-20,24,28-31,33-36H2,1-18H3,(H,71,82)(H,72,86)(H,73,87)(H,74,92)/t39-,40-,41+,47-,48-,49-,50-,55-,56-/m0/s1. The third kappa shape index (κ3) is 21.9. The molecule has 2 aromatic carbocycles. The van der Waals surface area contributed by atoms with Gasteiger partial charge in [-0.1, -0.05) is 98.0 Å². The van der Waals surface area contributed by atoms with Crippen molar-refractivity contribution in [1.82, 2.24) is 55.6 Å². The zero-order valence-corrected chi connectivity index (χ0v) is 57.4. The van der Waals surface area contributed by atoms with Gasteiger partial charge in [-0.3, -0.25) is 52.7 Å². The van der Waals surface area contributed by atoms with Gasteiger partial charge < -0.3 is 55.6 Å². The number of carbonyl (C=O) groups is 11. The van der Waals surface area contributed by atoms with Crippen LogP contribution in [-0.4, -0.2) is 216 Å². The number of rotatable bonds is 13. The predicted octanol–water partition coefficient (Wildman–Crippen LogP) is 5.31. The van der Waals surface area contributed by atoms with E-state index in [4.69, 9.17) is 11.6 Å². The number of alkyl halides is 3. The Balaban J connectivity index is 2.24. The molecular weight excluding hydrogens is 1220 g/mol. The second-order valence-electron chi connectivity index (χ2n) is 26.0. The molecule has 3 rings (SSSR count). The van der Waals surface area contributed by atoms with Crippen molar-refractivity contribution >= 4 is 76.6 Å². The summed E-state index contributed by atoms with van der Waals surface area (Å²) >= 11 is 6.19. The summed E-state index contributed by atoms with van der Waals surface area (Å²) in [7, 11) is 9.52. The molecule has 9 atom stereocenters. The van der Waals surface area contributed by atoms with Crippen molar-refractivity contribution in [3.63, 3.8) is 0 Å². The molecule has 2 aromatic rings. The lowest BCUT2D eigenvalue weighted by atomic mass is 9.93. The average molecular weight is 1320 g/mol. The molecule has 0 radical (unpaired) electrons. The minimum Gasteiger partial charge on any atom is -0.343 e. The highest BCUT2D eigenvalue weighted by Crippen LogP contribution is 2.32. The number of hydrogen-bond acceptors (Lipinski definition) is 11. The molecule has 0 bridgehead atoms. The minimum absolute atomic E-state index is 0.0131. The van der Waals surface area contributed by atoms with Crippen LogP contribution in [-0.2, 0) is 71.8 Å². The van der Waals surface area contributed by atoms with E-state index in [-0.39, 0.29) is 55.9 Å². The van der Waals surface area contributed by atoms with Crippen LogP contribution in [0.15, 0.2) is 42.5 Å². The van der Waals surface area contributed by atoms with Gasteiger partial charge in [0.2, 0.25) is 65.0 Å². The molecule has 0 aromatic heterocycles. The van der Waals surface area contributed by atoms with Gasteiger partial charge in [-0.15, -0.1) is 0 Å². The summed E-state index contributed by atoms with van der Waals surface area (Å²) in [5, 5.41) is 11.3. The smallest absolute Gasteiger partial charge is 0.343 e. The van der Waals surface area contributed by atoms with Crippen LogP contribution in [0.3, 0.4) is 0 Å². The van der Waals surface area contributed by atoms with Crippen LogP contribution in [0.2, 0.25) is 5.02 Å². The molecule has 0 saturated carbocycles. The highest BCUT2D eigenvalue weighted by molar-refractivity contribution is 6.30. The van der Waals surface area contributed by atoms with E-state index >= 15 is 0 Å². The fourth-order valence-corrected chi connectivity index (χ4v) is 10.5. The van der Waals surface area contributed by atoms with Gasteiger partial charge in [0.15, 0.2) is 0 Å². The van der Waals surface area contributed by atoms with Crippen molar-refractivity contribution in [3.8, 4) is 0 Å². The summed E-state index contributed by atoms with van der Waals surface area (Å²) in [6.45, 7) is 17.0. The van der Waals surface area contributed by atoms with Crippen LogP contribution in [0, 0.1) is 29.5 Å². The second kappa shape index (κ2) is 34.5. The molecule has 27 heteroatoms. The Morgan fingerprint density at radius 3 is 1.63 bits per heavy atom. The van der Waals surface area contributed by atoms with Crippen molar-refractivity contribution in [2.75, 3.05) is 69.0 Å². The Labute approximate surface area is 544 Å². The maximum absolute atomic E-state index is 14.9. The summed E-state index contributed by atoms with van der Waals surface area (Å²) < 4.78 is 55.7. The number of nitrogens with zero attached hydrogens (tertiary/aromatic N) is 7. The highest BCUT2D eigenvalue weighted by Gasteiger charge is 2.43. The normalized spacial score (nSPS) is 23.8. The van der Waals surface area contributed by atoms with Crippen molar-refractivity contribution in [2.24, 2.45) is 23.7 Å². The number of hydrogen-bond donors (Lipinski definition) is 4. The molecule has 1 aliphatic rings. The third-order valence-corrected chi connectivity index (χ3v) is 17.7. The maximum atomic E-state index is 14.9. The van der Waals surface area contributed by atoms with Crippen LogP contribution in [0.4, 0.5) is 17.6 Å². The van der Waals surface area contributed by atoms with E-state index < -0.39 is 162 Å². The SMILES string of the molecule is CC[C@H](C)[C@@H]1NC(=O)[C@H](CC(C)C)N(C)C(=O)C[C@@H](C)N(C)C(=O)[C@H]([C@@H](C)CC)NC(=O)C(C)(C)N(C)C(=O)[C@H](CC(C)C)NC(=O)[C@H](CCc2ccc(C(F)(F)F)c(F)c2)NC(=O)CN(C)C(=O)[C@H](Cc2ccc(Cl)cc2)N(C)C(=O)CN(C)C(=O)CN(C)C1=O. The van der Waals surface area contributed by atoms with Gasteiger partial charge in [-0.05, 0) is 106 Å². The monoisotopic (exact) mass is 1320 g/mol. The number of likely N-dealkylation sites (N-methyl/N-ethyl adjacent to an activating group) is 7. The molecule has 1 aliphatic heterocycles. The number of aryl methyl sites for hydroxylation is 1. The molecule has 1 fully saturated rings. The third-order valence-electron chi connectivity index (χ3n) is 17.4. The molecular formula is C65H98ClF4N11O11. The quantitative estimate of drug-likeness (QED) is 0.187. The van der Waals surface area contributed by atoms with E-state index in [1.807, 2.05) is 27.7 Å². The Morgan fingerprint density at radius 1 is 0.576 bits per heavy atom. The predicted molar refractivity (Wildman–Crippen MR) is 340 cm³/mol. The molecule has 1 heterocycles. The van der Waals surface area contributed by atoms with E-state index in [0.717, 1.165) is 30.6 Å². The largest absolute Gasteiger partial charge is 0.419 e. The fraction of sp³-hybridized carbons (Fsp3) is 0.646. The summed E-state index contributed by atoms with van der Waals surface area (Å²) in [5.74, 6) is -11.0. The van der Waals surface area contributed by atoms with E-state index in [1.165, 1.54) is 73.0 Å². The first kappa shape index (κ1) is 78.9. The van der Waals surface area contributed by atoms with E-state index in [9.17, 15) is 70.3 Å². The highest BCUT2D eigenvalue weighted by atomic mass is 35.5. The molecule has 514 valence electrons. The van der Waals surface area contributed by atoms with Crippen LogP contribution in [0.1, 0.15) is 131 Å². The number of halogens is 5. The van der Waals surface area contributed by atoms with Gasteiger partial charge in [-0.25, -0.2) is 4.39 Å². The Morgan fingerprint density at radius 2 is 1.10 bits per heavy atom. The van der Waals surface area contributed by atoms with E-state index in [0.29, 0.717) is 35.6 Å². The Bertz CT molecular complexity index is 2950. The molecule has 0 unspecified atom stereocenters. The summed E-state index contributed by atoms with van der Waals surface area (Å²) in [5.41, 5.74) is -2.72. The topological polar surface area (TPSA) is 259 Å². The van der Waals surface area contributed by atoms with Gasteiger partial charge in [-0.2, -0.15) is 13.2 Å². The fourth-order valence-electron chi connectivity index (χ4n) is 10.4. The average Bonchev–Trinajstić information content (AvgIpc) is 1.03. The molecule has 11 amide bonds. The first-order valence-electron chi connectivity index (χ1n) is 31.2. The van der Waals surface area contributed by atoms with Crippen molar-refractivity contribution in [1.29, 1.82) is 0 Å². The van der Waals surface area contributed by atoms with E-state index in [2.05, 4.69) is 21.3 Å². The zero-order valence-electron chi connectivity index (χ0n) is 56.7. The first-order chi connectivity index (χ1) is 42.6. The summed E-state index contributed by atoms with van der Waals surface area (Å²) in [6, 6.07) is -0.0282. The van der Waals surface area contributed by atoms with Gasteiger partial charge >= 0.3 is 6.18 Å². The lowest BCUT2D eigenvalue weighted by molar-refractivity contribution is -0.149. The van der Waals surface area contributed by atoms with Crippen LogP contribution < -0.4 is 21.3 Å². The van der Waals surface area contributed by atoms with Crippen LogP contribution >= 0.6 is 11.6 Å². The van der Waals surface area contributed by atoms with Gasteiger partial charge in [0.1, 0.15) is 47.6 Å². The Hall–Kier alpha value is -7.38. The van der Waals surface area contributed by atoms with Crippen LogP contribution in [0.5, 0.6) is 0 Å². The van der Waals surface area contributed by atoms with E-state index in [1.54, 1.807) is 58.9 Å². The number of benzene rings is 2. The van der Waals surface area contributed by atoms with Gasteiger partial charge in [0, 0.05) is 73.2 Å². The van der Waals surface area contributed by atoms with Gasteiger partial charge in [0.25, 0.3) is 0 Å². The maximum Gasteiger partial charge on any atom is 0.419 e. The first-order valence-corrected chi connectivity index (χ1v) is 31.6. The summed E-state index contributed by atoms with van der Waals surface area (Å²) in [4.78, 5) is 167. The number of amides is 11. The van der Waals surface area contributed by atoms with Crippen molar-refractivity contribution in [3.05, 3.63) is 70.0 Å². The number of carbonyl (C=O) groups excluding carboxylic acids is 11. The molecule has 0 spiro atoms. The molecule has 4 N–H and O–H groups in total. The molecule has 92 heavy (non-hydrogen) atoms. The minimum atomic E-state index is -5.02. The molecule has 1 saturated heterocycles. The van der Waals surface area contributed by atoms with Crippen LogP contribution in [0.25, 0.3) is 0 Å². The molecule has 0 aliphatic carbocycles. The Kier molecular flexibility index (Phi) is 29.6. The summed E-state index contributed by atoms with van der Waals surface area (Å²) in [6.07, 6.45) is -5.13. The van der Waals surface area contributed by atoms with Gasteiger partial charge in [0.05, 0.1) is 25.2 Å². The second-order valence-corrected chi connectivity index (χ2v) is 26.4.